The van der Waals surface area contributed by atoms with E-state index in [4.69, 9.17) is 5.11 Å². The van der Waals surface area contributed by atoms with Crippen LogP contribution in [-0.4, -0.2) is 54.1 Å². The smallest absolute Gasteiger partial charge is 0.414 e. The van der Waals surface area contributed by atoms with E-state index in [1.165, 1.54) is 6.92 Å². The molecule has 0 bridgehead atoms. The van der Waals surface area contributed by atoms with Gasteiger partial charge in [0.2, 0.25) is 5.91 Å². The van der Waals surface area contributed by atoms with Gasteiger partial charge < -0.3 is 10.0 Å². The fraction of sp³-hybridized carbons (Fsp3) is 0.714. The Morgan fingerprint density at radius 2 is 1.75 bits per heavy atom. The molecule has 70 valence electrons. The Labute approximate surface area is 71.6 Å². The van der Waals surface area contributed by atoms with Gasteiger partial charge in [0, 0.05) is 20.0 Å². The summed E-state index contributed by atoms with van der Waals surface area (Å²) in [4.78, 5) is 23.8. The summed E-state index contributed by atoms with van der Waals surface area (Å²) in [6.07, 6.45) is -1.19. The minimum Gasteiger partial charge on any atom is -0.465 e. The van der Waals surface area contributed by atoms with Crippen LogP contribution in [0.25, 0.3) is 0 Å². The molecule has 0 heterocycles. The first-order chi connectivity index (χ1) is 5.45. The van der Waals surface area contributed by atoms with E-state index in [1.807, 2.05) is 19.0 Å². The zero-order valence-corrected chi connectivity index (χ0v) is 7.57. The average Bonchev–Trinajstić information content (AvgIpc) is 1.84. The van der Waals surface area contributed by atoms with Crippen molar-refractivity contribution in [2.75, 3.05) is 27.2 Å². The van der Waals surface area contributed by atoms with Crippen molar-refractivity contribution in [3.63, 3.8) is 0 Å². The van der Waals surface area contributed by atoms with E-state index in [1.54, 1.807) is 0 Å². The number of imide groups is 1. The van der Waals surface area contributed by atoms with Crippen LogP contribution in [0.15, 0.2) is 0 Å². The van der Waals surface area contributed by atoms with Gasteiger partial charge in [-0.3, -0.25) is 4.79 Å². The van der Waals surface area contributed by atoms with Crippen LogP contribution in [0.4, 0.5) is 4.79 Å². The first-order valence-corrected chi connectivity index (χ1v) is 3.61. The van der Waals surface area contributed by atoms with Gasteiger partial charge in [0.25, 0.3) is 0 Å². The predicted molar refractivity (Wildman–Crippen MR) is 44.0 cm³/mol. The van der Waals surface area contributed by atoms with Crippen LogP contribution in [0.1, 0.15) is 6.92 Å². The SMILES string of the molecule is CC(=O)N(CCN(C)C)C(=O)O. The van der Waals surface area contributed by atoms with E-state index < -0.39 is 12.0 Å². The molecule has 0 aromatic carbocycles. The summed E-state index contributed by atoms with van der Waals surface area (Å²) in [5, 5.41) is 8.54. The average molecular weight is 174 g/mol. The first-order valence-electron chi connectivity index (χ1n) is 3.61. The minimum absolute atomic E-state index is 0.220. The summed E-state index contributed by atoms with van der Waals surface area (Å²) in [6.45, 7) is 2.01. The lowest BCUT2D eigenvalue weighted by Gasteiger charge is -2.17. The number of nitrogens with zero attached hydrogens (tertiary/aromatic N) is 2. The Hall–Kier alpha value is -1.10. The molecule has 0 aliphatic heterocycles. The summed E-state index contributed by atoms with van der Waals surface area (Å²) >= 11 is 0. The minimum atomic E-state index is -1.19. The largest absolute Gasteiger partial charge is 0.465 e. The second-order valence-corrected chi connectivity index (χ2v) is 2.76. The molecule has 2 amide bonds. The number of carboxylic acid groups (broad SMARTS) is 1. The molecule has 0 aliphatic carbocycles. The highest BCUT2D eigenvalue weighted by atomic mass is 16.4. The van der Waals surface area contributed by atoms with Crippen LogP contribution in [-0.2, 0) is 4.79 Å². The van der Waals surface area contributed by atoms with Crippen molar-refractivity contribution in [3.8, 4) is 0 Å². The van der Waals surface area contributed by atoms with Gasteiger partial charge in [-0.15, -0.1) is 0 Å². The van der Waals surface area contributed by atoms with Gasteiger partial charge in [0.15, 0.2) is 0 Å². The van der Waals surface area contributed by atoms with Crippen molar-refractivity contribution in [3.05, 3.63) is 0 Å². The van der Waals surface area contributed by atoms with Gasteiger partial charge in [-0.25, -0.2) is 9.69 Å². The molecule has 0 rings (SSSR count). The molecule has 0 spiro atoms. The molecular weight excluding hydrogens is 160 g/mol. The third kappa shape index (κ3) is 3.92. The number of likely N-dealkylation sites (N-methyl/N-ethyl adjacent to an activating group) is 1. The second-order valence-electron chi connectivity index (χ2n) is 2.76. The highest BCUT2D eigenvalue weighted by Crippen LogP contribution is 1.90. The van der Waals surface area contributed by atoms with E-state index in [0.29, 0.717) is 6.54 Å². The summed E-state index contributed by atoms with van der Waals surface area (Å²) in [7, 11) is 3.64. The van der Waals surface area contributed by atoms with Gasteiger partial charge in [-0.05, 0) is 14.1 Å². The summed E-state index contributed by atoms with van der Waals surface area (Å²) < 4.78 is 0. The quantitative estimate of drug-likeness (QED) is 0.658. The fourth-order valence-corrected chi connectivity index (χ4v) is 0.688. The molecule has 1 N–H and O–H groups in total. The molecule has 12 heavy (non-hydrogen) atoms. The molecule has 0 fully saturated rings. The zero-order chi connectivity index (χ0) is 9.72. The molecule has 0 saturated heterocycles. The molecule has 0 aromatic rings. The number of carbonyl (C=O) groups is 2. The van der Waals surface area contributed by atoms with Crippen molar-refractivity contribution in [2.24, 2.45) is 0 Å². The second kappa shape index (κ2) is 4.71. The standard InChI is InChI=1S/C7H14N2O3/c1-6(10)9(7(11)12)5-4-8(2)3/h4-5H2,1-3H3,(H,11,12). The number of amides is 2. The number of carbonyl (C=O) groups excluding carboxylic acids is 1. The van der Waals surface area contributed by atoms with Crippen LogP contribution < -0.4 is 0 Å². The third-order valence-electron chi connectivity index (χ3n) is 1.38. The lowest BCUT2D eigenvalue weighted by Crippen LogP contribution is -2.38. The van der Waals surface area contributed by atoms with Gasteiger partial charge >= 0.3 is 6.09 Å². The van der Waals surface area contributed by atoms with Crippen LogP contribution >= 0.6 is 0 Å². The predicted octanol–water partition coefficient (Wildman–Crippen LogP) is 0.0745. The van der Waals surface area contributed by atoms with E-state index in [2.05, 4.69) is 0 Å². The fourth-order valence-electron chi connectivity index (χ4n) is 0.688. The summed E-state index contributed by atoms with van der Waals surface area (Å²) in [5.41, 5.74) is 0. The van der Waals surface area contributed by atoms with Crippen molar-refractivity contribution in [1.82, 2.24) is 9.80 Å². The Morgan fingerprint density at radius 3 is 2.00 bits per heavy atom. The Balaban J connectivity index is 3.97. The maximum atomic E-state index is 10.7. The zero-order valence-electron chi connectivity index (χ0n) is 7.57. The van der Waals surface area contributed by atoms with Crippen LogP contribution in [0.2, 0.25) is 0 Å². The first kappa shape index (κ1) is 10.9. The molecular formula is C7H14N2O3. The molecule has 0 atom stereocenters. The molecule has 0 aliphatic rings. The van der Waals surface area contributed by atoms with Crippen molar-refractivity contribution in [2.45, 2.75) is 6.92 Å². The summed E-state index contributed by atoms with van der Waals surface area (Å²) in [5.74, 6) is -0.440. The molecule has 5 nitrogen and oxygen atoms in total. The highest BCUT2D eigenvalue weighted by Gasteiger charge is 2.15. The third-order valence-corrected chi connectivity index (χ3v) is 1.38. The van der Waals surface area contributed by atoms with E-state index in [-0.39, 0.29) is 6.54 Å². The van der Waals surface area contributed by atoms with Gasteiger partial charge in [0.05, 0.1) is 0 Å². The van der Waals surface area contributed by atoms with Gasteiger partial charge in [0.1, 0.15) is 0 Å². The topological polar surface area (TPSA) is 60.9 Å². The number of hydrogen-bond acceptors (Lipinski definition) is 3. The normalized spacial score (nSPS) is 10.0. The lowest BCUT2D eigenvalue weighted by molar-refractivity contribution is -0.126. The lowest BCUT2D eigenvalue weighted by atomic mass is 10.5. The van der Waals surface area contributed by atoms with Gasteiger partial charge in [-0.2, -0.15) is 0 Å². The Morgan fingerprint density at radius 1 is 1.25 bits per heavy atom. The molecule has 0 aromatic heterocycles. The molecule has 5 heteroatoms. The van der Waals surface area contributed by atoms with E-state index in [9.17, 15) is 9.59 Å². The number of rotatable bonds is 3. The van der Waals surface area contributed by atoms with Crippen LogP contribution in [0.5, 0.6) is 0 Å². The van der Waals surface area contributed by atoms with Crippen LogP contribution in [0.3, 0.4) is 0 Å². The van der Waals surface area contributed by atoms with E-state index >= 15 is 0 Å². The Kier molecular flexibility index (Phi) is 4.28. The van der Waals surface area contributed by atoms with Gasteiger partial charge in [-0.1, -0.05) is 0 Å². The monoisotopic (exact) mass is 174 g/mol. The number of hydrogen-bond donors (Lipinski definition) is 1. The van der Waals surface area contributed by atoms with E-state index in [0.717, 1.165) is 4.90 Å². The maximum absolute atomic E-state index is 10.7. The molecule has 0 unspecified atom stereocenters. The Bertz CT molecular complexity index is 165. The van der Waals surface area contributed by atoms with Crippen molar-refractivity contribution >= 4 is 12.0 Å². The van der Waals surface area contributed by atoms with Crippen LogP contribution in [0, 0.1) is 0 Å². The maximum Gasteiger partial charge on any atom is 0.414 e. The summed E-state index contributed by atoms with van der Waals surface area (Å²) in [6, 6.07) is 0. The molecule has 0 saturated carbocycles. The highest BCUT2D eigenvalue weighted by molar-refractivity contribution is 5.89. The van der Waals surface area contributed by atoms with Crippen molar-refractivity contribution in [1.29, 1.82) is 0 Å². The molecule has 0 radical (unpaired) electrons. The van der Waals surface area contributed by atoms with Crippen molar-refractivity contribution < 1.29 is 14.7 Å².